The zero-order valence-electron chi connectivity index (χ0n) is 15.4. The Kier molecular flexibility index (Phi) is 5.15. The summed E-state index contributed by atoms with van der Waals surface area (Å²) < 4.78 is 13.4. The molecule has 1 aromatic heterocycles. The SMILES string of the molecule is CCC(C)(C)[C@@H]1CCc2c(sc(NC(=O)c3cccc(F)c3)c2C#N)C1. The number of hydrogen-bond donors (Lipinski definition) is 1. The highest BCUT2D eigenvalue weighted by molar-refractivity contribution is 7.16. The van der Waals surface area contributed by atoms with Crippen LogP contribution in [0, 0.1) is 28.5 Å². The Balaban J connectivity index is 1.87. The van der Waals surface area contributed by atoms with Crippen molar-refractivity contribution in [3.63, 3.8) is 0 Å². The van der Waals surface area contributed by atoms with Gasteiger partial charge in [-0.15, -0.1) is 11.3 Å². The van der Waals surface area contributed by atoms with Crippen LogP contribution >= 0.6 is 11.3 Å². The van der Waals surface area contributed by atoms with Gasteiger partial charge in [-0.1, -0.05) is 33.3 Å². The van der Waals surface area contributed by atoms with E-state index in [4.69, 9.17) is 0 Å². The predicted molar refractivity (Wildman–Crippen MR) is 103 cm³/mol. The van der Waals surface area contributed by atoms with E-state index in [1.807, 2.05) is 0 Å². The number of amides is 1. The van der Waals surface area contributed by atoms with Crippen molar-refractivity contribution < 1.29 is 9.18 Å². The Bertz CT molecular complexity index is 879. The highest BCUT2D eigenvalue weighted by Gasteiger charge is 2.34. The van der Waals surface area contributed by atoms with Gasteiger partial charge >= 0.3 is 0 Å². The van der Waals surface area contributed by atoms with Gasteiger partial charge in [-0.25, -0.2) is 4.39 Å². The van der Waals surface area contributed by atoms with Crippen LogP contribution in [0.15, 0.2) is 24.3 Å². The second-order valence-corrected chi connectivity index (χ2v) is 8.67. The Labute approximate surface area is 157 Å². The van der Waals surface area contributed by atoms with Gasteiger partial charge in [0.05, 0.1) is 5.56 Å². The van der Waals surface area contributed by atoms with Crippen molar-refractivity contribution in [3.05, 3.63) is 51.7 Å². The molecule has 136 valence electrons. The molecule has 0 saturated heterocycles. The number of thiophene rings is 1. The monoisotopic (exact) mass is 370 g/mol. The number of carbonyl (C=O) groups excluding carboxylic acids is 1. The predicted octanol–water partition coefficient (Wildman–Crippen LogP) is 5.55. The first kappa shape index (κ1) is 18.6. The summed E-state index contributed by atoms with van der Waals surface area (Å²) in [5.74, 6) is -0.254. The molecule has 1 N–H and O–H groups in total. The minimum absolute atomic E-state index is 0.255. The molecule has 0 fully saturated rings. The molecular weight excluding hydrogens is 347 g/mol. The summed E-state index contributed by atoms with van der Waals surface area (Å²) in [6, 6.07) is 7.84. The summed E-state index contributed by atoms with van der Waals surface area (Å²) in [5, 5.41) is 13.0. The normalized spacial score (nSPS) is 16.7. The number of nitrogens with zero attached hydrogens (tertiary/aromatic N) is 1. The zero-order chi connectivity index (χ0) is 18.9. The van der Waals surface area contributed by atoms with Crippen molar-refractivity contribution in [2.24, 2.45) is 11.3 Å². The van der Waals surface area contributed by atoms with Crippen molar-refractivity contribution in [3.8, 4) is 6.07 Å². The van der Waals surface area contributed by atoms with Crippen LogP contribution in [0.2, 0.25) is 0 Å². The van der Waals surface area contributed by atoms with Crippen LogP contribution in [0.5, 0.6) is 0 Å². The number of nitriles is 1. The second kappa shape index (κ2) is 7.20. The number of rotatable bonds is 4. The molecule has 1 heterocycles. The van der Waals surface area contributed by atoms with Gasteiger partial charge in [0.15, 0.2) is 0 Å². The smallest absolute Gasteiger partial charge is 0.256 e. The third kappa shape index (κ3) is 3.52. The summed E-state index contributed by atoms with van der Waals surface area (Å²) in [6.07, 6.45) is 4.01. The van der Waals surface area contributed by atoms with Gasteiger partial charge in [0.1, 0.15) is 16.9 Å². The number of hydrogen-bond acceptors (Lipinski definition) is 3. The van der Waals surface area contributed by atoms with E-state index in [0.717, 1.165) is 31.2 Å². The molecule has 0 unspecified atom stereocenters. The molecule has 1 aromatic carbocycles. The number of benzene rings is 1. The molecule has 0 radical (unpaired) electrons. The fourth-order valence-corrected chi connectivity index (χ4v) is 4.83. The summed E-state index contributed by atoms with van der Waals surface area (Å²) in [5.41, 5.74) is 2.17. The fraction of sp³-hybridized carbons (Fsp3) is 0.429. The van der Waals surface area contributed by atoms with Gasteiger partial charge in [0.25, 0.3) is 5.91 Å². The third-order valence-corrected chi connectivity index (χ3v) is 6.88. The molecule has 3 nitrogen and oxygen atoms in total. The molecule has 0 bridgehead atoms. The van der Waals surface area contributed by atoms with Crippen LogP contribution in [-0.4, -0.2) is 5.91 Å². The van der Waals surface area contributed by atoms with E-state index >= 15 is 0 Å². The zero-order valence-corrected chi connectivity index (χ0v) is 16.2. The highest BCUT2D eigenvalue weighted by atomic mass is 32.1. The Morgan fingerprint density at radius 2 is 2.23 bits per heavy atom. The molecule has 5 heteroatoms. The van der Waals surface area contributed by atoms with E-state index in [2.05, 4.69) is 32.2 Å². The number of halogens is 1. The highest BCUT2D eigenvalue weighted by Crippen LogP contribution is 2.45. The van der Waals surface area contributed by atoms with E-state index in [1.165, 1.54) is 34.4 Å². The summed E-state index contributed by atoms with van der Waals surface area (Å²) in [7, 11) is 0. The minimum atomic E-state index is -0.451. The lowest BCUT2D eigenvalue weighted by Crippen LogP contribution is -2.28. The molecule has 0 spiro atoms. The number of fused-ring (bicyclic) bond motifs is 1. The molecule has 0 saturated carbocycles. The lowest BCUT2D eigenvalue weighted by atomic mass is 9.69. The van der Waals surface area contributed by atoms with E-state index in [9.17, 15) is 14.4 Å². The summed E-state index contributed by atoms with van der Waals surface area (Å²) in [6.45, 7) is 6.82. The first-order valence-electron chi connectivity index (χ1n) is 8.97. The molecular formula is C21H23FN2OS. The van der Waals surface area contributed by atoms with Crippen LogP contribution in [0.3, 0.4) is 0 Å². The van der Waals surface area contributed by atoms with Crippen molar-refractivity contribution >= 4 is 22.2 Å². The molecule has 1 amide bonds. The molecule has 0 aliphatic heterocycles. The van der Waals surface area contributed by atoms with E-state index in [0.29, 0.717) is 16.5 Å². The van der Waals surface area contributed by atoms with Gasteiger partial charge < -0.3 is 5.32 Å². The summed E-state index contributed by atoms with van der Waals surface area (Å²) in [4.78, 5) is 13.6. The average Bonchev–Trinajstić information content (AvgIpc) is 2.97. The maximum Gasteiger partial charge on any atom is 0.256 e. The Morgan fingerprint density at radius 3 is 2.88 bits per heavy atom. The fourth-order valence-electron chi connectivity index (χ4n) is 3.55. The van der Waals surface area contributed by atoms with E-state index in [1.54, 1.807) is 6.07 Å². The summed E-state index contributed by atoms with van der Waals surface area (Å²) >= 11 is 1.50. The molecule has 1 aliphatic carbocycles. The van der Waals surface area contributed by atoms with Gasteiger partial charge in [-0.05, 0) is 54.4 Å². The molecule has 1 aliphatic rings. The second-order valence-electron chi connectivity index (χ2n) is 7.57. The van der Waals surface area contributed by atoms with Crippen molar-refractivity contribution in [2.45, 2.75) is 46.5 Å². The van der Waals surface area contributed by atoms with E-state index in [-0.39, 0.29) is 16.9 Å². The van der Waals surface area contributed by atoms with Crippen molar-refractivity contribution in [2.75, 3.05) is 5.32 Å². The molecule has 2 aromatic rings. The standard InChI is InChI=1S/C21H23FN2OS/c1-4-21(2,3)14-8-9-16-17(12-23)20(26-18(16)11-14)24-19(25)13-6-5-7-15(22)10-13/h5-7,10,14H,4,8-9,11H2,1-3H3,(H,24,25)/t14-/m1/s1. The Morgan fingerprint density at radius 1 is 1.46 bits per heavy atom. The number of nitrogens with one attached hydrogen (secondary N) is 1. The quantitative estimate of drug-likeness (QED) is 0.767. The lowest BCUT2D eigenvalue weighted by molar-refractivity contribution is 0.102. The number of carbonyl (C=O) groups is 1. The lowest BCUT2D eigenvalue weighted by Gasteiger charge is -2.36. The number of anilines is 1. The molecule has 26 heavy (non-hydrogen) atoms. The Hall–Kier alpha value is -2.19. The van der Waals surface area contributed by atoms with Crippen LogP contribution in [0.1, 0.15) is 60.0 Å². The van der Waals surface area contributed by atoms with Gasteiger partial charge in [-0.3, -0.25) is 4.79 Å². The van der Waals surface area contributed by atoms with Gasteiger partial charge in [-0.2, -0.15) is 5.26 Å². The maximum atomic E-state index is 13.4. The topological polar surface area (TPSA) is 52.9 Å². The van der Waals surface area contributed by atoms with Crippen molar-refractivity contribution in [1.29, 1.82) is 5.26 Å². The van der Waals surface area contributed by atoms with Crippen molar-refractivity contribution in [1.82, 2.24) is 0 Å². The van der Waals surface area contributed by atoms with Crippen LogP contribution in [0.4, 0.5) is 9.39 Å². The first-order valence-corrected chi connectivity index (χ1v) is 9.79. The minimum Gasteiger partial charge on any atom is -0.312 e. The average molecular weight is 370 g/mol. The van der Waals surface area contributed by atoms with Crippen LogP contribution < -0.4 is 5.32 Å². The van der Waals surface area contributed by atoms with E-state index < -0.39 is 5.82 Å². The van der Waals surface area contributed by atoms with Crippen LogP contribution in [-0.2, 0) is 12.8 Å². The van der Waals surface area contributed by atoms with Gasteiger partial charge in [0, 0.05) is 10.4 Å². The third-order valence-electron chi connectivity index (χ3n) is 5.71. The largest absolute Gasteiger partial charge is 0.312 e. The first-order chi connectivity index (χ1) is 12.4. The maximum absolute atomic E-state index is 13.4. The van der Waals surface area contributed by atoms with Crippen LogP contribution in [0.25, 0.3) is 0 Å². The molecule has 3 rings (SSSR count). The molecule has 1 atom stereocenters. The van der Waals surface area contributed by atoms with Gasteiger partial charge in [0.2, 0.25) is 0 Å².